The first-order valence-corrected chi connectivity index (χ1v) is 24.1. The highest BCUT2D eigenvalue weighted by Gasteiger charge is 2.36. The van der Waals surface area contributed by atoms with Gasteiger partial charge in [-0.25, -0.2) is 18.2 Å². The number of amides is 4. The van der Waals surface area contributed by atoms with Crippen LogP contribution in [-0.4, -0.2) is 98.8 Å². The lowest BCUT2D eigenvalue weighted by Gasteiger charge is -2.29. The lowest BCUT2D eigenvalue weighted by molar-refractivity contribution is -0.121. The summed E-state index contributed by atoms with van der Waals surface area (Å²) >= 11 is 6.31. The number of hydrogen-bond donors (Lipinski definition) is 5. The standard InChI is InChI=1S/C54H55ClF3N9O5/c1-54(2)34-67(32-42-44(55)4-3-5-45(42)56)48-29-38(9-12-43(48)54)52(70)64-31-41-46(57)26-36(27-47(41)58)8-13-49(68)60-19-24-72-25-20-61-50(69)33-66-21-15-37-28-39(30-63-51(37)66)53(71)62-16-14-35-6-10-40(11-7-35)65-22-17-59-18-23-65/h3-7,9-12,15,21,26-30,59H,14,16-20,22-25,31-34H2,1-2H3,(H,60,68)(H,61,69)(H,62,71)(H,64,70). The van der Waals surface area contributed by atoms with Gasteiger partial charge in [0.05, 0.1) is 18.8 Å². The maximum absolute atomic E-state index is 15.1. The van der Waals surface area contributed by atoms with Gasteiger partial charge in [0.2, 0.25) is 5.91 Å². The third-order valence-electron chi connectivity index (χ3n) is 12.6. The summed E-state index contributed by atoms with van der Waals surface area (Å²) in [5, 5.41) is 15.2. The first kappa shape index (κ1) is 51.0. The van der Waals surface area contributed by atoms with Crippen LogP contribution in [0.5, 0.6) is 0 Å². The van der Waals surface area contributed by atoms with Gasteiger partial charge in [0.1, 0.15) is 29.6 Å². The number of nitrogens with zero attached hydrogens (tertiary/aromatic N) is 4. The van der Waals surface area contributed by atoms with Crippen LogP contribution in [0.4, 0.5) is 24.5 Å². The van der Waals surface area contributed by atoms with Gasteiger partial charge in [0, 0.05) is 133 Å². The van der Waals surface area contributed by atoms with Crippen molar-refractivity contribution in [3.8, 4) is 11.8 Å². The number of benzene rings is 4. The number of fused-ring (bicyclic) bond motifs is 2. The minimum absolute atomic E-state index is 0.00334. The first-order valence-electron chi connectivity index (χ1n) is 23.7. The number of hydrogen-bond acceptors (Lipinski definition) is 9. The molecule has 4 heterocycles. The van der Waals surface area contributed by atoms with Crippen LogP contribution in [0.25, 0.3) is 11.0 Å². The highest BCUT2D eigenvalue weighted by atomic mass is 35.5. The molecule has 4 amide bonds. The molecule has 0 bridgehead atoms. The van der Waals surface area contributed by atoms with Gasteiger partial charge in [0.15, 0.2) is 0 Å². The number of anilines is 2. The minimum Gasteiger partial charge on any atom is -0.378 e. The molecule has 0 aliphatic carbocycles. The number of piperazine rings is 1. The zero-order valence-electron chi connectivity index (χ0n) is 40.0. The molecule has 72 heavy (non-hydrogen) atoms. The normalized spacial score (nSPS) is 13.8. The van der Waals surface area contributed by atoms with Crippen LogP contribution in [0.15, 0.2) is 97.3 Å². The van der Waals surface area contributed by atoms with Crippen molar-refractivity contribution in [1.82, 2.24) is 36.1 Å². The molecule has 374 valence electrons. The van der Waals surface area contributed by atoms with E-state index in [-0.39, 0.29) is 73.3 Å². The van der Waals surface area contributed by atoms with Crippen molar-refractivity contribution < 1.29 is 37.1 Å². The van der Waals surface area contributed by atoms with Gasteiger partial charge >= 0.3 is 0 Å². The maximum atomic E-state index is 15.1. The van der Waals surface area contributed by atoms with Crippen molar-refractivity contribution in [1.29, 1.82) is 0 Å². The van der Waals surface area contributed by atoms with E-state index in [4.69, 9.17) is 16.3 Å². The van der Waals surface area contributed by atoms with Crippen LogP contribution in [0.1, 0.15) is 62.4 Å². The molecule has 2 aliphatic rings. The Balaban J connectivity index is 0.716. The molecule has 8 rings (SSSR count). The average molecular weight is 1000 g/mol. The topological polar surface area (TPSA) is 162 Å². The fourth-order valence-electron chi connectivity index (χ4n) is 8.82. The van der Waals surface area contributed by atoms with E-state index in [0.717, 1.165) is 60.5 Å². The Morgan fingerprint density at radius 3 is 2.29 bits per heavy atom. The third kappa shape index (κ3) is 12.7. The Kier molecular flexibility index (Phi) is 16.4. The molecule has 0 atom stereocenters. The van der Waals surface area contributed by atoms with E-state index in [2.05, 4.69) is 72.6 Å². The molecule has 6 aromatic rings. The molecular formula is C54H55ClF3N9O5. The number of aromatic nitrogens is 2. The van der Waals surface area contributed by atoms with E-state index in [0.29, 0.717) is 41.3 Å². The lowest BCUT2D eigenvalue weighted by atomic mass is 9.86. The second kappa shape index (κ2) is 23.2. The number of carbonyl (C=O) groups is 4. The first-order chi connectivity index (χ1) is 34.7. The Morgan fingerprint density at radius 2 is 1.54 bits per heavy atom. The van der Waals surface area contributed by atoms with E-state index in [1.54, 1.807) is 41.1 Å². The third-order valence-corrected chi connectivity index (χ3v) is 13.0. The number of ether oxygens (including phenoxy) is 1. The number of halogens is 4. The van der Waals surface area contributed by atoms with E-state index in [9.17, 15) is 23.6 Å². The van der Waals surface area contributed by atoms with Gasteiger partial charge in [-0.2, -0.15) is 0 Å². The van der Waals surface area contributed by atoms with Crippen LogP contribution < -0.4 is 36.4 Å². The zero-order valence-corrected chi connectivity index (χ0v) is 40.7. The van der Waals surface area contributed by atoms with Crippen molar-refractivity contribution in [2.75, 3.05) is 75.4 Å². The van der Waals surface area contributed by atoms with Crippen molar-refractivity contribution >= 4 is 57.6 Å². The second-order valence-electron chi connectivity index (χ2n) is 18.2. The predicted molar refractivity (Wildman–Crippen MR) is 270 cm³/mol. The molecule has 0 unspecified atom stereocenters. The molecule has 5 N–H and O–H groups in total. The van der Waals surface area contributed by atoms with Crippen molar-refractivity contribution in [2.45, 2.75) is 45.3 Å². The Hall–Kier alpha value is -7.39. The summed E-state index contributed by atoms with van der Waals surface area (Å²) in [6.07, 6.45) is 3.93. The molecule has 0 radical (unpaired) electrons. The van der Waals surface area contributed by atoms with Gasteiger partial charge in [-0.15, -0.1) is 0 Å². The average Bonchev–Trinajstić information content (AvgIpc) is 3.89. The van der Waals surface area contributed by atoms with Gasteiger partial charge in [0.25, 0.3) is 17.7 Å². The Labute approximate surface area is 420 Å². The van der Waals surface area contributed by atoms with Crippen molar-refractivity contribution in [3.63, 3.8) is 0 Å². The summed E-state index contributed by atoms with van der Waals surface area (Å²) in [7, 11) is 0. The van der Waals surface area contributed by atoms with Gasteiger partial charge < -0.3 is 45.7 Å². The number of pyridine rings is 1. The van der Waals surface area contributed by atoms with Crippen LogP contribution in [0, 0.1) is 29.3 Å². The fourth-order valence-corrected chi connectivity index (χ4v) is 9.04. The summed E-state index contributed by atoms with van der Waals surface area (Å²) in [5.74, 6) is 0.667. The summed E-state index contributed by atoms with van der Waals surface area (Å²) in [6, 6.07) is 23.6. The van der Waals surface area contributed by atoms with Gasteiger partial charge in [-0.05, 0) is 78.2 Å². The lowest BCUT2D eigenvalue weighted by Crippen LogP contribution is -2.43. The van der Waals surface area contributed by atoms with E-state index in [1.165, 1.54) is 24.0 Å². The second-order valence-corrected chi connectivity index (χ2v) is 18.6. The largest absolute Gasteiger partial charge is 0.378 e. The molecule has 18 heteroatoms. The summed E-state index contributed by atoms with van der Waals surface area (Å²) < 4.78 is 52.1. The number of rotatable bonds is 18. The molecule has 4 aromatic carbocycles. The zero-order chi connectivity index (χ0) is 50.8. The minimum atomic E-state index is -0.951. The quantitative estimate of drug-likeness (QED) is 0.0513. The van der Waals surface area contributed by atoms with Crippen LogP contribution in [0.2, 0.25) is 5.02 Å². The van der Waals surface area contributed by atoms with Crippen LogP contribution in [0.3, 0.4) is 0 Å². The van der Waals surface area contributed by atoms with Crippen molar-refractivity contribution in [2.24, 2.45) is 0 Å². The van der Waals surface area contributed by atoms with E-state index >= 15 is 8.78 Å². The Morgan fingerprint density at radius 1 is 0.806 bits per heavy atom. The molecule has 0 spiro atoms. The van der Waals surface area contributed by atoms with Gasteiger partial charge in [-0.1, -0.05) is 55.6 Å². The molecular weight excluding hydrogens is 947 g/mol. The predicted octanol–water partition coefficient (Wildman–Crippen LogP) is 6.02. The fraction of sp³-hybridized carbons (Fsp3) is 0.315. The summed E-state index contributed by atoms with van der Waals surface area (Å²) in [6.45, 7) is 9.38. The smallest absolute Gasteiger partial charge is 0.296 e. The van der Waals surface area contributed by atoms with Gasteiger partial charge in [-0.3, -0.25) is 19.2 Å². The maximum Gasteiger partial charge on any atom is 0.296 e. The number of carbonyl (C=O) groups excluding carboxylic acids is 4. The van der Waals surface area contributed by atoms with Crippen molar-refractivity contribution in [3.05, 3.63) is 159 Å². The highest BCUT2D eigenvalue weighted by Crippen LogP contribution is 2.42. The summed E-state index contributed by atoms with van der Waals surface area (Å²) in [4.78, 5) is 59.9. The molecule has 14 nitrogen and oxygen atoms in total. The Bertz CT molecular complexity index is 3000. The molecule has 2 aromatic heterocycles. The number of nitrogens with one attached hydrogen (secondary N) is 5. The molecule has 0 saturated carbocycles. The molecule has 1 saturated heterocycles. The monoisotopic (exact) mass is 1000 g/mol. The van der Waals surface area contributed by atoms with E-state index < -0.39 is 35.8 Å². The summed E-state index contributed by atoms with van der Waals surface area (Å²) in [5.41, 5.74) is 4.87. The highest BCUT2D eigenvalue weighted by molar-refractivity contribution is 6.31. The van der Waals surface area contributed by atoms with Crippen LogP contribution >= 0.6 is 11.6 Å². The SMILES string of the molecule is CC1(C)CN(Cc2c(F)cccc2Cl)c2cc(C(=O)NCc3c(F)cc(C#CC(=O)NCCOCCNC(=O)Cn4ccc5cc(C(=O)NCCc6ccc(N7CCNCC7)cc6)cnc54)cc3F)ccc21. The molecule has 2 aliphatic heterocycles. The van der Waals surface area contributed by atoms with E-state index in [1.807, 2.05) is 24.8 Å². The molecule has 1 fully saturated rings. The van der Waals surface area contributed by atoms with Crippen LogP contribution in [-0.2, 0) is 45.8 Å².